The standard InChI is InChI=1S/C15H21N5/c1-11(13-4-3-5-13)17-12(2)14-6-8-15(9-7-14)20-10-16-18-19-20/h6-13,17H,3-5H2,1-2H3/t11-,12-/m1/s1. The molecule has 0 radical (unpaired) electrons. The Morgan fingerprint density at radius 3 is 2.50 bits per heavy atom. The number of tetrazole rings is 1. The summed E-state index contributed by atoms with van der Waals surface area (Å²) in [5, 5.41) is 14.9. The van der Waals surface area contributed by atoms with Crippen molar-refractivity contribution >= 4 is 0 Å². The topological polar surface area (TPSA) is 55.6 Å². The highest BCUT2D eigenvalue weighted by Crippen LogP contribution is 2.30. The number of hydrogen-bond acceptors (Lipinski definition) is 4. The van der Waals surface area contributed by atoms with Gasteiger partial charge < -0.3 is 5.32 Å². The lowest BCUT2D eigenvalue weighted by atomic mass is 9.80. The van der Waals surface area contributed by atoms with Gasteiger partial charge in [-0.2, -0.15) is 0 Å². The summed E-state index contributed by atoms with van der Waals surface area (Å²) in [5.74, 6) is 0.859. The lowest BCUT2D eigenvalue weighted by Gasteiger charge is -2.34. The molecule has 1 aliphatic rings. The van der Waals surface area contributed by atoms with E-state index in [1.807, 2.05) is 0 Å². The molecular formula is C15H21N5. The van der Waals surface area contributed by atoms with Gasteiger partial charge in [-0.1, -0.05) is 18.6 Å². The van der Waals surface area contributed by atoms with E-state index in [9.17, 15) is 0 Å². The third-order valence-electron chi connectivity index (χ3n) is 4.38. The van der Waals surface area contributed by atoms with E-state index in [0.717, 1.165) is 11.6 Å². The van der Waals surface area contributed by atoms with E-state index < -0.39 is 0 Å². The predicted octanol–water partition coefficient (Wildman–Crippen LogP) is 2.50. The molecule has 0 spiro atoms. The molecule has 1 aromatic heterocycles. The summed E-state index contributed by atoms with van der Waals surface area (Å²) in [6.45, 7) is 4.52. The van der Waals surface area contributed by atoms with Crippen LogP contribution in [0.1, 0.15) is 44.7 Å². The third kappa shape index (κ3) is 2.72. The molecule has 1 fully saturated rings. The molecule has 0 aliphatic heterocycles. The number of hydrogen-bond donors (Lipinski definition) is 1. The van der Waals surface area contributed by atoms with Crippen LogP contribution in [0.15, 0.2) is 30.6 Å². The maximum Gasteiger partial charge on any atom is 0.143 e. The van der Waals surface area contributed by atoms with Crippen molar-refractivity contribution in [2.24, 2.45) is 5.92 Å². The van der Waals surface area contributed by atoms with Crippen LogP contribution in [0.25, 0.3) is 5.69 Å². The summed E-state index contributed by atoms with van der Waals surface area (Å²) in [4.78, 5) is 0. The van der Waals surface area contributed by atoms with Gasteiger partial charge in [0, 0.05) is 12.1 Å². The first-order valence-electron chi connectivity index (χ1n) is 7.33. The van der Waals surface area contributed by atoms with Crippen molar-refractivity contribution in [2.75, 3.05) is 0 Å². The fourth-order valence-electron chi connectivity index (χ4n) is 2.76. The Morgan fingerprint density at radius 2 is 1.95 bits per heavy atom. The van der Waals surface area contributed by atoms with Crippen LogP contribution in [-0.4, -0.2) is 26.2 Å². The Balaban J connectivity index is 1.64. The summed E-state index contributed by atoms with van der Waals surface area (Å²) >= 11 is 0. The van der Waals surface area contributed by atoms with Crippen LogP contribution in [0.5, 0.6) is 0 Å². The van der Waals surface area contributed by atoms with Gasteiger partial charge in [-0.15, -0.1) is 5.10 Å². The molecule has 0 saturated heterocycles. The number of rotatable bonds is 5. The molecule has 0 unspecified atom stereocenters. The average Bonchev–Trinajstić information content (AvgIpc) is 2.90. The molecule has 1 aromatic carbocycles. The van der Waals surface area contributed by atoms with E-state index >= 15 is 0 Å². The van der Waals surface area contributed by atoms with Gasteiger partial charge in [0.1, 0.15) is 6.33 Å². The van der Waals surface area contributed by atoms with Gasteiger partial charge in [-0.3, -0.25) is 0 Å². The normalized spacial score (nSPS) is 18.5. The third-order valence-corrected chi connectivity index (χ3v) is 4.38. The van der Waals surface area contributed by atoms with Gasteiger partial charge in [-0.25, -0.2) is 4.68 Å². The van der Waals surface area contributed by atoms with E-state index in [4.69, 9.17) is 0 Å². The van der Waals surface area contributed by atoms with Crippen LogP contribution in [0, 0.1) is 5.92 Å². The fraction of sp³-hybridized carbons (Fsp3) is 0.533. The first-order chi connectivity index (χ1) is 9.74. The van der Waals surface area contributed by atoms with Crippen molar-refractivity contribution in [3.8, 4) is 5.69 Å². The zero-order valence-electron chi connectivity index (χ0n) is 12.0. The number of benzene rings is 1. The molecule has 5 heteroatoms. The van der Waals surface area contributed by atoms with E-state index in [2.05, 4.69) is 59.0 Å². The molecule has 0 amide bonds. The van der Waals surface area contributed by atoms with Gasteiger partial charge in [0.25, 0.3) is 0 Å². The van der Waals surface area contributed by atoms with Crippen molar-refractivity contribution in [1.82, 2.24) is 25.5 Å². The lowest BCUT2D eigenvalue weighted by Crippen LogP contribution is -2.38. The molecule has 1 aliphatic carbocycles. The smallest absolute Gasteiger partial charge is 0.143 e. The van der Waals surface area contributed by atoms with Crippen molar-refractivity contribution in [1.29, 1.82) is 0 Å². The molecule has 20 heavy (non-hydrogen) atoms. The first kappa shape index (κ1) is 13.2. The average molecular weight is 271 g/mol. The molecule has 5 nitrogen and oxygen atoms in total. The van der Waals surface area contributed by atoms with Crippen molar-refractivity contribution < 1.29 is 0 Å². The summed E-state index contributed by atoms with van der Waals surface area (Å²) in [6, 6.07) is 9.35. The van der Waals surface area contributed by atoms with E-state index in [1.165, 1.54) is 24.8 Å². The Labute approximate surface area is 119 Å². The van der Waals surface area contributed by atoms with Gasteiger partial charge in [-0.05, 0) is 60.7 Å². The Hall–Kier alpha value is -1.75. The van der Waals surface area contributed by atoms with Gasteiger partial charge >= 0.3 is 0 Å². The quantitative estimate of drug-likeness (QED) is 0.907. The van der Waals surface area contributed by atoms with Gasteiger partial charge in [0.15, 0.2) is 0 Å². The minimum Gasteiger partial charge on any atom is -0.307 e. The van der Waals surface area contributed by atoms with Crippen LogP contribution in [0.4, 0.5) is 0 Å². The molecule has 1 N–H and O–H groups in total. The molecule has 1 heterocycles. The van der Waals surface area contributed by atoms with Crippen molar-refractivity contribution in [2.45, 2.75) is 45.2 Å². The lowest BCUT2D eigenvalue weighted by molar-refractivity contribution is 0.230. The minimum atomic E-state index is 0.369. The molecule has 0 bridgehead atoms. The highest BCUT2D eigenvalue weighted by molar-refractivity contribution is 5.34. The summed E-state index contributed by atoms with van der Waals surface area (Å²) in [6.07, 6.45) is 5.75. The molecule has 106 valence electrons. The van der Waals surface area contributed by atoms with E-state index in [0.29, 0.717) is 12.1 Å². The second-order valence-electron chi connectivity index (χ2n) is 5.71. The second-order valence-corrected chi connectivity index (χ2v) is 5.71. The predicted molar refractivity (Wildman–Crippen MR) is 77.5 cm³/mol. The van der Waals surface area contributed by atoms with E-state index in [1.54, 1.807) is 11.0 Å². The monoisotopic (exact) mass is 271 g/mol. The fourth-order valence-corrected chi connectivity index (χ4v) is 2.76. The molecule has 2 aromatic rings. The maximum absolute atomic E-state index is 3.89. The summed E-state index contributed by atoms with van der Waals surface area (Å²) < 4.78 is 1.67. The maximum atomic E-state index is 3.89. The molecule has 3 rings (SSSR count). The molecule has 2 atom stereocenters. The zero-order valence-corrected chi connectivity index (χ0v) is 12.0. The minimum absolute atomic E-state index is 0.369. The van der Waals surface area contributed by atoms with Crippen molar-refractivity contribution in [3.63, 3.8) is 0 Å². The Bertz CT molecular complexity index is 530. The van der Waals surface area contributed by atoms with Crippen LogP contribution in [0.2, 0.25) is 0 Å². The number of nitrogens with zero attached hydrogens (tertiary/aromatic N) is 4. The van der Waals surface area contributed by atoms with Gasteiger partial charge in [0.05, 0.1) is 5.69 Å². The Kier molecular flexibility index (Phi) is 3.78. The van der Waals surface area contributed by atoms with E-state index in [-0.39, 0.29) is 0 Å². The van der Waals surface area contributed by atoms with Crippen LogP contribution >= 0.6 is 0 Å². The van der Waals surface area contributed by atoms with Crippen LogP contribution < -0.4 is 5.32 Å². The highest BCUT2D eigenvalue weighted by atomic mass is 15.5. The number of nitrogens with one attached hydrogen (secondary N) is 1. The second kappa shape index (κ2) is 5.71. The SMILES string of the molecule is C[C@@H](N[C@H](C)C1CCC1)c1ccc(-n2cnnn2)cc1. The van der Waals surface area contributed by atoms with Crippen LogP contribution in [-0.2, 0) is 0 Å². The first-order valence-corrected chi connectivity index (χ1v) is 7.33. The largest absolute Gasteiger partial charge is 0.307 e. The summed E-state index contributed by atoms with van der Waals surface area (Å²) in [5.41, 5.74) is 2.28. The number of aromatic nitrogens is 4. The van der Waals surface area contributed by atoms with Crippen LogP contribution in [0.3, 0.4) is 0 Å². The molecular weight excluding hydrogens is 250 g/mol. The highest BCUT2D eigenvalue weighted by Gasteiger charge is 2.24. The van der Waals surface area contributed by atoms with Crippen molar-refractivity contribution in [3.05, 3.63) is 36.2 Å². The Morgan fingerprint density at radius 1 is 1.20 bits per heavy atom. The zero-order chi connectivity index (χ0) is 13.9. The molecule has 1 saturated carbocycles. The van der Waals surface area contributed by atoms with Gasteiger partial charge in [0.2, 0.25) is 0 Å². The summed E-state index contributed by atoms with van der Waals surface area (Å²) in [7, 11) is 0.